The molecule has 7 heteroatoms. The summed E-state index contributed by atoms with van der Waals surface area (Å²) in [5, 5.41) is 20.0. The number of rotatable bonds is 3. The Morgan fingerprint density at radius 3 is 2.57 bits per heavy atom. The average Bonchev–Trinajstić information content (AvgIpc) is 2.40. The Hall–Kier alpha value is -3.01. The molecule has 0 aliphatic rings. The number of nitrogens with zero attached hydrogens (tertiary/aromatic N) is 4. The predicted molar refractivity (Wildman–Crippen MR) is 74.1 cm³/mol. The monoisotopic (exact) mass is 284 g/mol. The highest BCUT2D eigenvalue weighted by molar-refractivity contribution is 5.54. The fourth-order valence-electron chi connectivity index (χ4n) is 1.94. The van der Waals surface area contributed by atoms with E-state index in [0.717, 1.165) is 5.56 Å². The zero-order valence-electron chi connectivity index (χ0n) is 11.7. The molecule has 0 amide bonds. The first kappa shape index (κ1) is 14.4. The number of nitriles is 1. The van der Waals surface area contributed by atoms with E-state index in [0.29, 0.717) is 11.3 Å². The Morgan fingerprint density at radius 1 is 1.24 bits per heavy atom. The van der Waals surface area contributed by atoms with Crippen LogP contribution in [0, 0.1) is 42.2 Å². The molecule has 0 aliphatic carbocycles. The summed E-state index contributed by atoms with van der Waals surface area (Å²) in [6, 6.07) is 6.50. The number of hydrogen-bond acceptors (Lipinski definition) is 6. The molecular formula is C14H12N4O3. The third kappa shape index (κ3) is 3.12. The second-order valence-electron chi connectivity index (χ2n) is 4.58. The van der Waals surface area contributed by atoms with Crippen LogP contribution in [0.15, 0.2) is 18.2 Å². The molecule has 2 aromatic rings. The van der Waals surface area contributed by atoms with Gasteiger partial charge in [-0.25, -0.2) is 4.98 Å². The Morgan fingerprint density at radius 2 is 1.95 bits per heavy atom. The van der Waals surface area contributed by atoms with Gasteiger partial charge in [0, 0.05) is 11.8 Å². The number of aryl methyl sites for hydroxylation is 3. The quantitative estimate of drug-likeness (QED) is 0.634. The summed E-state index contributed by atoms with van der Waals surface area (Å²) in [5.74, 6) is 0.0834. The van der Waals surface area contributed by atoms with Gasteiger partial charge < -0.3 is 4.74 Å². The van der Waals surface area contributed by atoms with Crippen LogP contribution >= 0.6 is 0 Å². The minimum atomic E-state index is -0.518. The standard InChI is InChI=1S/C14H12N4O3/c1-8-4-9(2)13(12(5-8)18(19)20)21-14-16-10(3)6-11(7-15)17-14/h4-6H,1-3H3. The lowest BCUT2D eigenvalue weighted by atomic mass is 10.1. The van der Waals surface area contributed by atoms with E-state index in [9.17, 15) is 10.1 Å². The van der Waals surface area contributed by atoms with Crippen LogP contribution in [0.3, 0.4) is 0 Å². The highest BCUT2D eigenvalue weighted by Crippen LogP contribution is 2.34. The number of ether oxygens (including phenoxy) is 1. The summed E-state index contributed by atoms with van der Waals surface area (Å²) in [6.45, 7) is 5.16. The maximum Gasteiger partial charge on any atom is 0.323 e. The molecule has 0 saturated carbocycles. The summed E-state index contributed by atoms with van der Waals surface area (Å²) in [5.41, 5.74) is 1.89. The van der Waals surface area contributed by atoms with Gasteiger partial charge in [0.15, 0.2) is 0 Å². The molecule has 0 aliphatic heterocycles. The van der Waals surface area contributed by atoms with Crippen molar-refractivity contribution in [3.8, 4) is 17.8 Å². The predicted octanol–water partition coefficient (Wildman–Crippen LogP) is 2.97. The van der Waals surface area contributed by atoms with Gasteiger partial charge in [-0.3, -0.25) is 10.1 Å². The number of benzene rings is 1. The normalized spacial score (nSPS) is 10.0. The smallest absolute Gasteiger partial charge is 0.323 e. The number of hydrogen-bond donors (Lipinski definition) is 0. The minimum Gasteiger partial charge on any atom is -0.417 e. The van der Waals surface area contributed by atoms with Crippen molar-refractivity contribution in [1.29, 1.82) is 5.26 Å². The van der Waals surface area contributed by atoms with Crippen molar-refractivity contribution < 1.29 is 9.66 Å². The molecule has 0 bridgehead atoms. The van der Waals surface area contributed by atoms with Gasteiger partial charge in [0.05, 0.1) is 4.92 Å². The zero-order valence-corrected chi connectivity index (χ0v) is 11.7. The summed E-state index contributed by atoms with van der Waals surface area (Å²) >= 11 is 0. The van der Waals surface area contributed by atoms with Crippen molar-refractivity contribution in [3.63, 3.8) is 0 Å². The van der Waals surface area contributed by atoms with Gasteiger partial charge in [-0.1, -0.05) is 6.07 Å². The van der Waals surface area contributed by atoms with Gasteiger partial charge in [0.1, 0.15) is 11.8 Å². The van der Waals surface area contributed by atoms with E-state index in [1.165, 1.54) is 12.1 Å². The first-order valence-corrected chi connectivity index (χ1v) is 6.10. The third-order valence-corrected chi connectivity index (χ3v) is 2.74. The van der Waals surface area contributed by atoms with Crippen molar-refractivity contribution in [2.24, 2.45) is 0 Å². The zero-order chi connectivity index (χ0) is 15.6. The molecule has 0 fully saturated rings. The summed E-state index contributed by atoms with van der Waals surface area (Å²) < 4.78 is 5.46. The summed E-state index contributed by atoms with van der Waals surface area (Å²) in [7, 11) is 0. The number of nitro groups is 1. The fourth-order valence-corrected chi connectivity index (χ4v) is 1.94. The van der Waals surface area contributed by atoms with E-state index in [-0.39, 0.29) is 23.1 Å². The minimum absolute atomic E-state index is 0.0818. The van der Waals surface area contributed by atoms with Crippen LogP contribution in [-0.2, 0) is 0 Å². The molecule has 1 aromatic heterocycles. The lowest BCUT2D eigenvalue weighted by Gasteiger charge is -2.09. The van der Waals surface area contributed by atoms with E-state index < -0.39 is 4.92 Å². The molecule has 106 valence electrons. The SMILES string of the molecule is Cc1cc(C)c(Oc2nc(C)cc(C#N)n2)c([N+](=O)[O-])c1. The van der Waals surface area contributed by atoms with Crippen LogP contribution in [0.2, 0.25) is 0 Å². The van der Waals surface area contributed by atoms with Crippen molar-refractivity contribution in [2.75, 3.05) is 0 Å². The molecule has 21 heavy (non-hydrogen) atoms. The van der Waals surface area contributed by atoms with Crippen LogP contribution in [0.5, 0.6) is 11.8 Å². The number of aromatic nitrogens is 2. The Bertz CT molecular complexity index is 766. The summed E-state index contributed by atoms with van der Waals surface area (Å²) in [4.78, 5) is 18.5. The van der Waals surface area contributed by atoms with Gasteiger partial charge in [0.2, 0.25) is 5.75 Å². The van der Waals surface area contributed by atoms with Crippen LogP contribution in [0.1, 0.15) is 22.5 Å². The van der Waals surface area contributed by atoms with Gasteiger partial charge in [0.25, 0.3) is 0 Å². The van der Waals surface area contributed by atoms with Crippen LogP contribution < -0.4 is 4.74 Å². The highest BCUT2D eigenvalue weighted by atomic mass is 16.6. The van der Waals surface area contributed by atoms with E-state index >= 15 is 0 Å². The van der Waals surface area contributed by atoms with Crippen LogP contribution in [0.25, 0.3) is 0 Å². The molecule has 0 unspecified atom stereocenters. The van der Waals surface area contributed by atoms with E-state index in [2.05, 4.69) is 9.97 Å². The van der Waals surface area contributed by atoms with Crippen molar-refractivity contribution in [1.82, 2.24) is 9.97 Å². The largest absolute Gasteiger partial charge is 0.417 e. The molecule has 2 rings (SSSR count). The maximum atomic E-state index is 11.1. The Labute approximate surface area is 121 Å². The molecule has 1 heterocycles. The first-order valence-electron chi connectivity index (χ1n) is 6.10. The van der Waals surface area contributed by atoms with Crippen molar-refractivity contribution in [2.45, 2.75) is 20.8 Å². The van der Waals surface area contributed by atoms with Gasteiger partial charge in [-0.15, -0.1) is 0 Å². The lowest BCUT2D eigenvalue weighted by molar-refractivity contribution is -0.385. The fraction of sp³-hybridized carbons (Fsp3) is 0.214. The van der Waals surface area contributed by atoms with E-state index in [4.69, 9.17) is 10.00 Å². The van der Waals surface area contributed by atoms with Crippen LogP contribution in [0.4, 0.5) is 5.69 Å². The molecule has 0 atom stereocenters. The second kappa shape index (κ2) is 5.54. The highest BCUT2D eigenvalue weighted by Gasteiger charge is 2.20. The summed E-state index contributed by atoms with van der Waals surface area (Å²) in [6.07, 6.45) is 0. The van der Waals surface area contributed by atoms with Crippen LogP contribution in [-0.4, -0.2) is 14.9 Å². The molecule has 1 aromatic carbocycles. The molecule has 7 nitrogen and oxygen atoms in total. The molecule has 0 saturated heterocycles. The van der Waals surface area contributed by atoms with Crippen molar-refractivity contribution in [3.05, 3.63) is 50.8 Å². The number of nitro benzene ring substituents is 1. The Kier molecular flexibility index (Phi) is 3.80. The molecular weight excluding hydrogens is 272 g/mol. The second-order valence-corrected chi connectivity index (χ2v) is 4.58. The van der Waals surface area contributed by atoms with Crippen molar-refractivity contribution >= 4 is 5.69 Å². The molecule has 0 N–H and O–H groups in total. The van der Waals surface area contributed by atoms with Gasteiger partial charge >= 0.3 is 11.7 Å². The lowest BCUT2D eigenvalue weighted by Crippen LogP contribution is -2.01. The average molecular weight is 284 g/mol. The Balaban J connectivity index is 2.52. The topological polar surface area (TPSA) is 102 Å². The van der Waals surface area contributed by atoms with E-state index in [1.807, 2.05) is 6.07 Å². The molecule has 0 spiro atoms. The van der Waals surface area contributed by atoms with Gasteiger partial charge in [-0.2, -0.15) is 10.2 Å². The first-order chi connectivity index (χ1) is 9.90. The third-order valence-electron chi connectivity index (χ3n) is 2.74. The van der Waals surface area contributed by atoms with Gasteiger partial charge in [-0.05, 0) is 38.0 Å². The maximum absolute atomic E-state index is 11.1. The van der Waals surface area contributed by atoms with E-state index in [1.54, 1.807) is 26.8 Å². The molecule has 0 radical (unpaired) electrons.